The molecule has 2 aromatic rings. The summed E-state index contributed by atoms with van der Waals surface area (Å²) in [5, 5.41) is 4.78. The number of imide groups is 1. The molecule has 152 valence electrons. The van der Waals surface area contributed by atoms with E-state index in [1.807, 2.05) is 16.7 Å². The lowest BCUT2D eigenvalue weighted by Crippen LogP contribution is -2.51. The van der Waals surface area contributed by atoms with Crippen LogP contribution in [0.1, 0.15) is 32.1 Å². The first-order valence-electron chi connectivity index (χ1n) is 9.37. The highest BCUT2D eigenvalue weighted by Gasteiger charge is 2.52. The minimum atomic E-state index is -0.863. The average Bonchev–Trinajstić information content (AvgIpc) is 3.26. The fraction of sp³-hybridized carbons (Fsp3) is 0.368. The third-order valence-electron chi connectivity index (χ3n) is 5.13. The second-order valence-electron chi connectivity index (χ2n) is 7.10. The number of hydrogen-bond donors (Lipinski definition) is 2. The van der Waals surface area contributed by atoms with Gasteiger partial charge in [0.1, 0.15) is 5.54 Å². The van der Waals surface area contributed by atoms with Crippen molar-refractivity contribution in [1.82, 2.24) is 25.3 Å². The van der Waals surface area contributed by atoms with Gasteiger partial charge in [-0.3, -0.25) is 19.6 Å². The van der Waals surface area contributed by atoms with Crippen LogP contribution in [0.15, 0.2) is 41.8 Å². The highest BCUT2D eigenvalue weighted by Crippen LogP contribution is 2.33. The Kier molecular flexibility index (Phi) is 5.51. The maximum absolute atomic E-state index is 12.7. The van der Waals surface area contributed by atoms with Crippen LogP contribution in [-0.4, -0.2) is 43.7 Å². The van der Waals surface area contributed by atoms with E-state index in [9.17, 15) is 14.4 Å². The van der Waals surface area contributed by atoms with Gasteiger partial charge in [-0.15, -0.1) is 0 Å². The first-order chi connectivity index (χ1) is 14.0. The lowest BCUT2D eigenvalue weighted by Gasteiger charge is -2.30. The SMILES string of the molecule is O=C(CSc1nccn1-c1cccc(Cl)c1)NN1C(=O)NC2(CCCCC2)C1=O. The molecule has 1 aromatic carbocycles. The second kappa shape index (κ2) is 8.08. The van der Waals surface area contributed by atoms with Gasteiger partial charge >= 0.3 is 6.03 Å². The quantitative estimate of drug-likeness (QED) is 0.558. The van der Waals surface area contributed by atoms with Crippen LogP contribution < -0.4 is 10.7 Å². The van der Waals surface area contributed by atoms with E-state index >= 15 is 0 Å². The fourth-order valence-electron chi connectivity index (χ4n) is 3.72. The van der Waals surface area contributed by atoms with Crippen molar-refractivity contribution in [2.75, 3.05) is 5.75 Å². The van der Waals surface area contributed by atoms with Crippen molar-refractivity contribution in [3.05, 3.63) is 41.7 Å². The third kappa shape index (κ3) is 3.97. The topological polar surface area (TPSA) is 96.3 Å². The summed E-state index contributed by atoms with van der Waals surface area (Å²) >= 11 is 7.25. The van der Waals surface area contributed by atoms with Gasteiger partial charge in [0.2, 0.25) is 5.91 Å². The van der Waals surface area contributed by atoms with Crippen molar-refractivity contribution in [1.29, 1.82) is 0 Å². The molecule has 0 bridgehead atoms. The number of carbonyl (C=O) groups excluding carboxylic acids is 3. The van der Waals surface area contributed by atoms with E-state index in [1.54, 1.807) is 24.5 Å². The lowest BCUT2D eigenvalue weighted by atomic mass is 9.82. The Bertz CT molecular complexity index is 957. The van der Waals surface area contributed by atoms with Crippen molar-refractivity contribution in [3.63, 3.8) is 0 Å². The summed E-state index contributed by atoms with van der Waals surface area (Å²) in [6, 6.07) is 6.71. The number of aromatic nitrogens is 2. The Labute approximate surface area is 177 Å². The van der Waals surface area contributed by atoms with Gasteiger partial charge in [0, 0.05) is 23.1 Å². The third-order valence-corrected chi connectivity index (χ3v) is 6.33. The number of imidazole rings is 1. The molecular formula is C19H20ClN5O3S. The molecule has 1 aliphatic carbocycles. The maximum Gasteiger partial charge on any atom is 0.344 e. The first kappa shape index (κ1) is 19.8. The maximum atomic E-state index is 12.7. The largest absolute Gasteiger partial charge is 0.344 e. The van der Waals surface area contributed by atoms with E-state index in [0.29, 0.717) is 23.0 Å². The summed E-state index contributed by atoms with van der Waals surface area (Å²) in [4.78, 5) is 41.6. The molecule has 1 aromatic heterocycles. The minimum Gasteiger partial charge on any atom is -0.322 e. The predicted octanol–water partition coefficient (Wildman–Crippen LogP) is 2.90. The average molecular weight is 434 g/mol. The van der Waals surface area contributed by atoms with Gasteiger partial charge in [-0.05, 0) is 31.0 Å². The monoisotopic (exact) mass is 433 g/mol. The molecule has 2 N–H and O–H groups in total. The zero-order chi connectivity index (χ0) is 20.4. The highest BCUT2D eigenvalue weighted by atomic mass is 35.5. The smallest absolute Gasteiger partial charge is 0.322 e. The van der Waals surface area contributed by atoms with Crippen LogP contribution in [0.2, 0.25) is 5.02 Å². The van der Waals surface area contributed by atoms with Crippen LogP contribution in [0.4, 0.5) is 4.79 Å². The Morgan fingerprint density at radius 3 is 2.83 bits per heavy atom. The van der Waals surface area contributed by atoms with Crippen molar-refractivity contribution in [2.24, 2.45) is 0 Å². The van der Waals surface area contributed by atoms with Gasteiger partial charge in [-0.1, -0.05) is 48.7 Å². The van der Waals surface area contributed by atoms with E-state index in [4.69, 9.17) is 11.6 Å². The number of urea groups is 1. The van der Waals surface area contributed by atoms with Crippen molar-refractivity contribution in [2.45, 2.75) is 42.8 Å². The molecule has 1 saturated heterocycles. The van der Waals surface area contributed by atoms with Crippen molar-refractivity contribution in [3.8, 4) is 5.69 Å². The molecule has 0 atom stereocenters. The molecule has 2 heterocycles. The summed E-state index contributed by atoms with van der Waals surface area (Å²) in [5.74, 6) is -0.824. The van der Waals surface area contributed by atoms with E-state index < -0.39 is 17.5 Å². The summed E-state index contributed by atoms with van der Waals surface area (Å²) in [7, 11) is 0. The standard InChI is InChI=1S/C19H20ClN5O3S/c20-13-5-4-6-14(11-13)24-10-9-21-18(24)29-12-15(26)23-25-16(27)19(22-17(25)28)7-2-1-3-8-19/h4-6,9-11H,1-3,7-8,12H2,(H,22,28)(H,23,26). The number of rotatable bonds is 5. The number of benzene rings is 1. The Hall–Kier alpha value is -2.52. The zero-order valence-electron chi connectivity index (χ0n) is 15.6. The summed E-state index contributed by atoms with van der Waals surface area (Å²) < 4.78 is 1.81. The molecule has 4 rings (SSSR count). The fourth-order valence-corrected chi connectivity index (χ4v) is 4.67. The van der Waals surface area contributed by atoms with Gasteiger partial charge in [-0.2, -0.15) is 5.01 Å². The van der Waals surface area contributed by atoms with E-state index in [-0.39, 0.29) is 11.7 Å². The molecule has 29 heavy (non-hydrogen) atoms. The van der Waals surface area contributed by atoms with Gasteiger partial charge in [-0.25, -0.2) is 9.78 Å². The van der Waals surface area contributed by atoms with E-state index in [0.717, 1.165) is 30.0 Å². The van der Waals surface area contributed by atoms with Gasteiger partial charge in [0.05, 0.1) is 5.75 Å². The van der Waals surface area contributed by atoms with Crippen molar-refractivity contribution < 1.29 is 14.4 Å². The summed E-state index contributed by atoms with van der Waals surface area (Å²) in [6.07, 6.45) is 7.44. The molecule has 1 saturated carbocycles. The van der Waals surface area contributed by atoms with E-state index in [1.165, 1.54) is 11.8 Å². The van der Waals surface area contributed by atoms with Gasteiger partial charge < -0.3 is 5.32 Å². The molecule has 4 amide bonds. The minimum absolute atomic E-state index is 0.00163. The normalized spacial score (nSPS) is 18.2. The van der Waals surface area contributed by atoms with Crippen molar-refractivity contribution >= 4 is 41.2 Å². The predicted molar refractivity (Wildman–Crippen MR) is 109 cm³/mol. The number of nitrogens with zero attached hydrogens (tertiary/aromatic N) is 3. The number of hydrazine groups is 1. The van der Waals surface area contributed by atoms with E-state index in [2.05, 4.69) is 15.7 Å². The molecule has 8 nitrogen and oxygen atoms in total. The number of carbonyl (C=O) groups is 3. The number of amides is 4. The molecule has 2 aliphatic rings. The van der Waals surface area contributed by atoms with Crippen LogP contribution in [0.3, 0.4) is 0 Å². The second-order valence-corrected chi connectivity index (χ2v) is 8.48. The van der Waals surface area contributed by atoms with Gasteiger partial charge in [0.25, 0.3) is 5.91 Å². The molecule has 1 aliphatic heterocycles. The number of halogens is 1. The molecule has 2 fully saturated rings. The van der Waals surface area contributed by atoms with Crippen LogP contribution in [0, 0.1) is 0 Å². The molecular weight excluding hydrogens is 414 g/mol. The van der Waals surface area contributed by atoms with Crippen LogP contribution >= 0.6 is 23.4 Å². The Balaban J connectivity index is 1.38. The number of thioether (sulfide) groups is 1. The molecule has 0 radical (unpaired) electrons. The highest BCUT2D eigenvalue weighted by molar-refractivity contribution is 7.99. The molecule has 10 heteroatoms. The molecule has 0 unspecified atom stereocenters. The number of hydrogen-bond acceptors (Lipinski definition) is 5. The Morgan fingerprint density at radius 2 is 2.07 bits per heavy atom. The van der Waals surface area contributed by atoms with Crippen LogP contribution in [0.25, 0.3) is 5.69 Å². The number of nitrogens with one attached hydrogen (secondary N) is 2. The van der Waals surface area contributed by atoms with Crippen LogP contribution in [0.5, 0.6) is 0 Å². The summed E-state index contributed by atoms with van der Waals surface area (Å²) in [6.45, 7) is 0. The molecule has 1 spiro atoms. The Morgan fingerprint density at radius 1 is 1.28 bits per heavy atom. The lowest BCUT2D eigenvalue weighted by molar-refractivity contribution is -0.139. The van der Waals surface area contributed by atoms with Gasteiger partial charge in [0.15, 0.2) is 5.16 Å². The first-order valence-corrected chi connectivity index (χ1v) is 10.7. The zero-order valence-corrected chi connectivity index (χ0v) is 17.1. The van der Waals surface area contributed by atoms with Crippen LogP contribution in [-0.2, 0) is 9.59 Å². The summed E-state index contributed by atoms with van der Waals surface area (Å²) in [5.41, 5.74) is 2.40.